The Morgan fingerprint density at radius 2 is 1.95 bits per heavy atom. The van der Waals surface area contributed by atoms with E-state index in [-0.39, 0.29) is 5.82 Å². The lowest BCUT2D eigenvalue weighted by molar-refractivity contribution is 0.628. The van der Waals surface area contributed by atoms with Gasteiger partial charge in [0.15, 0.2) is 0 Å². The molecule has 1 radical (unpaired) electrons. The van der Waals surface area contributed by atoms with E-state index in [0.717, 1.165) is 27.8 Å². The van der Waals surface area contributed by atoms with Gasteiger partial charge in [-0.25, -0.2) is 4.39 Å². The van der Waals surface area contributed by atoms with Crippen molar-refractivity contribution in [3.8, 4) is 16.9 Å². The van der Waals surface area contributed by atoms with Crippen molar-refractivity contribution < 1.29 is 4.39 Å². The highest BCUT2D eigenvalue weighted by Crippen LogP contribution is 2.25. The lowest BCUT2D eigenvalue weighted by Gasteiger charge is -2.09. The molecule has 0 saturated carbocycles. The fourth-order valence-electron chi connectivity index (χ4n) is 2.46. The molecule has 0 aliphatic heterocycles. The van der Waals surface area contributed by atoms with Crippen LogP contribution in [0.25, 0.3) is 27.8 Å². The van der Waals surface area contributed by atoms with E-state index in [1.807, 2.05) is 35.0 Å². The molecule has 21 heavy (non-hydrogen) atoms. The Hall–Kier alpha value is -2.88. The Balaban J connectivity index is 1.85. The van der Waals surface area contributed by atoms with Gasteiger partial charge < -0.3 is 4.57 Å². The number of hydrogen-bond donors (Lipinski definition) is 1. The lowest BCUT2D eigenvalue weighted by Crippen LogP contribution is -1.95. The summed E-state index contributed by atoms with van der Waals surface area (Å²) in [4.78, 5) is 0. The van der Waals surface area contributed by atoms with Gasteiger partial charge in [0.25, 0.3) is 0 Å². The summed E-state index contributed by atoms with van der Waals surface area (Å²) in [6, 6.07) is 17.5. The predicted molar refractivity (Wildman–Crippen MR) is 79.7 cm³/mol. The van der Waals surface area contributed by atoms with Gasteiger partial charge in [0.05, 0.1) is 17.4 Å². The zero-order valence-electron chi connectivity index (χ0n) is 11.0. The highest BCUT2D eigenvalue weighted by molar-refractivity contribution is 5.80. The van der Waals surface area contributed by atoms with Gasteiger partial charge in [0.2, 0.25) is 0 Å². The number of nitrogens with one attached hydrogen (secondary N) is 1. The van der Waals surface area contributed by atoms with E-state index >= 15 is 0 Å². The van der Waals surface area contributed by atoms with E-state index in [1.165, 1.54) is 12.1 Å². The molecule has 4 aromatic rings. The van der Waals surface area contributed by atoms with Crippen molar-refractivity contribution in [1.29, 1.82) is 0 Å². The largest absolute Gasteiger partial charge is 0.316 e. The van der Waals surface area contributed by atoms with Crippen molar-refractivity contribution in [2.75, 3.05) is 0 Å². The monoisotopic (exact) mass is 276 g/mol. The van der Waals surface area contributed by atoms with Crippen LogP contribution in [-0.4, -0.2) is 14.8 Å². The quantitative estimate of drug-likeness (QED) is 0.590. The smallest absolute Gasteiger partial charge is 0.123 e. The molecule has 4 heteroatoms. The maximum Gasteiger partial charge on any atom is 0.123 e. The zero-order valence-corrected chi connectivity index (χ0v) is 11.0. The molecule has 0 amide bonds. The van der Waals surface area contributed by atoms with Crippen LogP contribution in [0.3, 0.4) is 0 Å². The summed E-state index contributed by atoms with van der Waals surface area (Å²) in [5.41, 5.74) is 3.90. The van der Waals surface area contributed by atoms with Gasteiger partial charge in [-0.3, -0.25) is 5.10 Å². The Morgan fingerprint density at radius 1 is 1.10 bits per heavy atom. The van der Waals surface area contributed by atoms with E-state index in [9.17, 15) is 4.39 Å². The number of nitrogens with zero attached hydrogens (tertiary/aromatic N) is 2. The molecule has 101 valence electrons. The van der Waals surface area contributed by atoms with E-state index in [4.69, 9.17) is 0 Å². The van der Waals surface area contributed by atoms with Crippen LogP contribution >= 0.6 is 0 Å². The molecule has 0 atom stereocenters. The molecule has 0 aliphatic carbocycles. The van der Waals surface area contributed by atoms with Gasteiger partial charge in [0, 0.05) is 23.3 Å². The molecule has 0 bridgehead atoms. The third kappa shape index (κ3) is 2.01. The topological polar surface area (TPSA) is 33.6 Å². The SMILES string of the molecule is Fc1ccc(-c2c[c]cn2-c2ccc3cn[nH]c3c2)cc1. The summed E-state index contributed by atoms with van der Waals surface area (Å²) in [5.74, 6) is -0.236. The molecule has 3 nitrogen and oxygen atoms in total. The fraction of sp³-hybridized carbons (Fsp3) is 0. The molecule has 0 spiro atoms. The second kappa shape index (κ2) is 4.59. The van der Waals surface area contributed by atoms with Crippen LogP contribution in [0.1, 0.15) is 0 Å². The zero-order chi connectivity index (χ0) is 14.2. The number of aromatic nitrogens is 3. The van der Waals surface area contributed by atoms with Gasteiger partial charge >= 0.3 is 0 Å². The van der Waals surface area contributed by atoms with E-state index in [0.29, 0.717) is 0 Å². The van der Waals surface area contributed by atoms with Crippen molar-refractivity contribution >= 4 is 10.9 Å². The van der Waals surface area contributed by atoms with E-state index in [1.54, 1.807) is 18.3 Å². The highest BCUT2D eigenvalue weighted by atomic mass is 19.1. The summed E-state index contributed by atoms with van der Waals surface area (Å²) >= 11 is 0. The van der Waals surface area contributed by atoms with Crippen LogP contribution in [0.4, 0.5) is 4.39 Å². The Bertz CT molecular complexity index is 903. The minimum absolute atomic E-state index is 0.236. The van der Waals surface area contributed by atoms with Crippen LogP contribution in [-0.2, 0) is 0 Å². The van der Waals surface area contributed by atoms with Crippen LogP contribution < -0.4 is 0 Å². The first-order valence-electron chi connectivity index (χ1n) is 6.59. The average Bonchev–Trinajstić information content (AvgIpc) is 3.16. The molecular weight excluding hydrogens is 265 g/mol. The fourth-order valence-corrected chi connectivity index (χ4v) is 2.46. The number of rotatable bonds is 2. The first kappa shape index (κ1) is 11.9. The molecule has 0 fully saturated rings. The maximum atomic E-state index is 13.1. The highest BCUT2D eigenvalue weighted by Gasteiger charge is 2.07. The van der Waals surface area contributed by atoms with Crippen molar-refractivity contribution in [3.63, 3.8) is 0 Å². The Morgan fingerprint density at radius 3 is 2.81 bits per heavy atom. The number of H-pyrrole nitrogens is 1. The minimum Gasteiger partial charge on any atom is -0.316 e. The van der Waals surface area contributed by atoms with Gasteiger partial charge in [-0.1, -0.05) is 0 Å². The number of benzene rings is 2. The summed E-state index contributed by atoms with van der Waals surface area (Å²) in [5, 5.41) is 8.06. The second-order valence-corrected chi connectivity index (χ2v) is 4.84. The number of halogens is 1. The lowest BCUT2D eigenvalue weighted by atomic mass is 10.1. The molecule has 2 aromatic heterocycles. The third-order valence-corrected chi connectivity index (χ3v) is 3.53. The molecular formula is C17H11FN3. The third-order valence-electron chi connectivity index (χ3n) is 3.53. The number of aromatic amines is 1. The molecule has 1 N–H and O–H groups in total. The van der Waals surface area contributed by atoms with Gasteiger partial charge in [-0.15, -0.1) is 0 Å². The molecule has 2 heterocycles. The number of fused-ring (bicyclic) bond motifs is 1. The van der Waals surface area contributed by atoms with Crippen LogP contribution in [0.2, 0.25) is 0 Å². The summed E-state index contributed by atoms with van der Waals surface area (Å²) in [6.07, 6.45) is 3.66. The average molecular weight is 276 g/mol. The van der Waals surface area contributed by atoms with Crippen LogP contribution in [0.15, 0.2) is 60.9 Å². The summed E-state index contributed by atoms with van der Waals surface area (Å²) < 4.78 is 15.1. The first-order chi connectivity index (χ1) is 10.3. The van der Waals surface area contributed by atoms with Gasteiger partial charge in [-0.05, 0) is 54.1 Å². The Labute approximate surface area is 120 Å². The van der Waals surface area contributed by atoms with Crippen molar-refractivity contribution in [3.05, 3.63) is 72.8 Å². The molecule has 0 saturated heterocycles. The standard InChI is InChI=1S/C17H11FN3/c18-14-6-3-12(4-7-14)17-2-1-9-21(17)15-8-5-13-11-19-20-16(13)10-15/h2-11H,(H,19,20). The van der Waals surface area contributed by atoms with Crippen LogP contribution in [0, 0.1) is 11.9 Å². The van der Waals surface area contributed by atoms with E-state index in [2.05, 4.69) is 16.3 Å². The second-order valence-electron chi connectivity index (χ2n) is 4.84. The molecule has 0 unspecified atom stereocenters. The first-order valence-corrected chi connectivity index (χ1v) is 6.59. The van der Waals surface area contributed by atoms with Crippen molar-refractivity contribution in [2.24, 2.45) is 0 Å². The maximum absolute atomic E-state index is 13.1. The molecule has 2 aromatic carbocycles. The summed E-state index contributed by atoms with van der Waals surface area (Å²) in [7, 11) is 0. The number of hydrogen-bond acceptors (Lipinski definition) is 1. The Kier molecular flexibility index (Phi) is 2.60. The molecule has 4 rings (SSSR count). The summed E-state index contributed by atoms with van der Waals surface area (Å²) in [6.45, 7) is 0. The van der Waals surface area contributed by atoms with Crippen LogP contribution in [0.5, 0.6) is 0 Å². The van der Waals surface area contributed by atoms with E-state index < -0.39 is 0 Å². The van der Waals surface area contributed by atoms with Crippen molar-refractivity contribution in [2.45, 2.75) is 0 Å². The predicted octanol–water partition coefficient (Wildman–Crippen LogP) is 3.96. The van der Waals surface area contributed by atoms with Gasteiger partial charge in [-0.2, -0.15) is 5.10 Å². The minimum atomic E-state index is -0.236. The van der Waals surface area contributed by atoms with Gasteiger partial charge in [0.1, 0.15) is 5.82 Å². The van der Waals surface area contributed by atoms with Crippen molar-refractivity contribution in [1.82, 2.24) is 14.8 Å². The normalized spacial score (nSPS) is 11.1. The molecule has 0 aliphatic rings.